The van der Waals surface area contributed by atoms with E-state index in [-0.39, 0.29) is 28.5 Å². The van der Waals surface area contributed by atoms with Crippen molar-refractivity contribution in [1.82, 2.24) is 20.4 Å². The predicted octanol–water partition coefficient (Wildman–Crippen LogP) is 5.87. The number of anilines is 1. The second-order valence-electron chi connectivity index (χ2n) is 8.78. The summed E-state index contributed by atoms with van der Waals surface area (Å²) in [4.78, 5) is 14.4. The van der Waals surface area contributed by atoms with E-state index in [0.717, 1.165) is 6.07 Å². The van der Waals surface area contributed by atoms with Gasteiger partial charge in [-0.25, -0.2) is 9.18 Å². The minimum absolute atomic E-state index is 0.0459. The highest BCUT2D eigenvalue weighted by molar-refractivity contribution is 6.03. The first-order chi connectivity index (χ1) is 17.7. The molecular weight excluding hydrogens is 486 g/mol. The number of carbonyl (C=O) groups is 1. The molecular formula is C27H23F4N5O. The minimum Gasteiger partial charge on any atom is -0.322 e. The summed E-state index contributed by atoms with van der Waals surface area (Å²) in [5.41, 5.74) is 0.520. The molecule has 0 saturated carbocycles. The largest absolute Gasteiger partial charge is 0.417 e. The number of hydrogen-bond acceptors (Lipinski definition) is 4. The molecule has 1 aliphatic heterocycles. The van der Waals surface area contributed by atoms with Gasteiger partial charge in [-0.3, -0.25) is 0 Å². The van der Waals surface area contributed by atoms with E-state index in [0.29, 0.717) is 48.2 Å². The second-order valence-corrected chi connectivity index (χ2v) is 8.78. The molecule has 4 aromatic rings. The lowest BCUT2D eigenvalue weighted by atomic mass is 9.93. The Bertz CT molecular complexity index is 1460. The number of benzene rings is 3. The van der Waals surface area contributed by atoms with Gasteiger partial charge in [-0.1, -0.05) is 24.3 Å². The fourth-order valence-electron chi connectivity index (χ4n) is 4.56. The van der Waals surface area contributed by atoms with Crippen molar-refractivity contribution in [2.45, 2.75) is 13.1 Å². The summed E-state index contributed by atoms with van der Waals surface area (Å²) >= 11 is 0. The van der Waals surface area contributed by atoms with Crippen LogP contribution in [0.4, 0.5) is 28.0 Å². The maximum Gasteiger partial charge on any atom is 0.417 e. The van der Waals surface area contributed by atoms with E-state index in [1.165, 1.54) is 25.1 Å². The number of amides is 2. The number of halogens is 4. The molecule has 37 heavy (non-hydrogen) atoms. The van der Waals surface area contributed by atoms with Gasteiger partial charge >= 0.3 is 12.2 Å². The van der Waals surface area contributed by atoms with Crippen molar-refractivity contribution >= 4 is 22.5 Å². The molecule has 0 unspecified atom stereocenters. The lowest BCUT2D eigenvalue weighted by molar-refractivity contribution is -0.137. The first-order valence-electron chi connectivity index (χ1n) is 11.7. The maximum absolute atomic E-state index is 14.2. The molecule has 2 N–H and O–H groups in total. The Morgan fingerprint density at radius 1 is 0.919 bits per heavy atom. The third-order valence-electron chi connectivity index (χ3n) is 6.46. The fourth-order valence-corrected chi connectivity index (χ4v) is 4.56. The standard InChI is InChI=1S/C27H23F4N5O/c1-16-22(33-26(37)36-14-12-32-13-15-36)11-10-21(27(29,30)31)23(16)25-20-5-3-2-4-19(20)24(34-35-25)17-6-8-18(28)9-7-17/h2-11,32H,12-15H2,1H3,(H,33,37). The molecule has 1 fully saturated rings. The van der Waals surface area contributed by atoms with Gasteiger partial charge < -0.3 is 15.5 Å². The van der Waals surface area contributed by atoms with E-state index in [2.05, 4.69) is 20.8 Å². The Balaban J connectivity index is 1.66. The minimum atomic E-state index is -4.67. The summed E-state index contributed by atoms with van der Waals surface area (Å²) in [6, 6.07) is 14.4. The SMILES string of the molecule is Cc1c(NC(=O)N2CCNCC2)ccc(C(F)(F)F)c1-c1nnc(-c2ccc(F)cc2)c2ccccc12. The number of alkyl halides is 3. The van der Waals surface area contributed by atoms with Crippen LogP contribution in [0.2, 0.25) is 0 Å². The molecule has 0 atom stereocenters. The molecule has 1 saturated heterocycles. The highest BCUT2D eigenvalue weighted by Gasteiger charge is 2.36. The monoisotopic (exact) mass is 509 g/mol. The number of rotatable bonds is 3. The van der Waals surface area contributed by atoms with Crippen molar-refractivity contribution in [1.29, 1.82) is 0 Å². The van der Waals surface area contributed by atoms with E-state index < -0.39 is 17.6 Å². The Hall–Kier alpha value is -4.05. The molecule has 2 heterocycles. The quantitative estimate of drug-likeness (QED) is 0.339. The Labute approximate surface area is 210 Å². The van der Waals surface area contributed by atoms with E-state index in [1.807, 2.05) is 0 Å². The van der Waals surface area contributed by atoms with E-state index in [9.17, 15) is 22.4 Å². The molecule has 1 aromatic heterocycles. The van der Waals surface area contributed by atoms with Gasteiger partial charge in [0.1, 0.15) is 17.2 Å². The number of piperazine rings is 1. The van der Waals surface area contributed by atoms with Gasteiger partial charge in [0.25, 0.3) is 0 Å². The average molecular weight is 510 g/mol. The molecule has 0 aliphatic carbocycles. The van der Waals surface area contributed by atoms with Crippen molar-refractivity contribution in [3.05, 3.63) is 77.6 Å². The summed E-state index contributed by atoms with van der Waals surface area (Å²) < 4.78 is 56.1. The second kappa shape index (κ2) is 9.78. The van der Waals surface area contributed by atoms with Crippen LogP contribution in [0.3, 0.4) is 0 Å². The fraction of sp³-hybridized carbons (Fsp3) is 0.222. The topological polar surface area (TPSA) is 70.2 Å². The number of carbonyl (C=O) groups excluding carboxylic acids is 1. The van der Waals surface area contributed by atoms with Crippen LogP contribution in [0.5, 0.6) is 0 Å². The Kier molecular flexibility index (Phi) is 6.51. The van der Waals surface area contributed by atoms with E-state index in [1.54, 1.807) is 41.3 Å². The first kappa shape index (κ1) is 24.6. The van der Waals surface area contributed by atoms with Gasteiger partial charge in [0.15, 0.2) is 0 Å². The van der Waals surface area contributed by atoms with Crippen LogP contribution in [-0.2, 0) is 6.18 Å². The van der Waals surface area contributed by atoms with Crippen molar-refractivity contribution < 1.29 is 22.4 Å². The third kappa shape index (κ3) is 4.84. The van der Waals surface area contributed by atoms with Crippen molar-refractivity contribution in [2.75, 3.05) is 31.5 Å². The normalized spacial score (nSPS) is 14.1. The van der Waals surface area contributed by atoms with Crippen LogP contribution < -0.4 is 10.6 Å². The number of fused-ring (bicyclic) bond motifs is 1. The maximum atomic E-state index is 14.2. The molecule has 1 aliphatic rings. The zero-order chi connectivity index (χ0) is 26.2. The number of aromatic nitrogens is 2. The third-order valence-corrected chi connectivity index (χ3v) is 6.46. The van der Waals surface area contributed by atoms with Crippen LogP contribution in [0, 0.1) is 12.7 Å². The summed E-state index contributed by atoms with van der Waals surface area (Å²) in [5.74, 6) is -0.414. The molecule has 190 valence electrons. The van der Waals surface area contributed by atoms with Crippen LogP contribution in [-0.4, -0.2) is 47.3 Å². The van der Waals surface area contributed by atoms with Crippen molar-refractivity contribution in [3.8, 4) is 22.5 Å². The average Bonchev–Trinajstić information content (AvgIpc) is 2.89. The van der Waals surface area contributed by atoms with Gasteiger partial charge in [-0.15, -0.1) is 10.2 Å². The Morgan fingerprint density at radius 2 is 1.54 bits per heavy atom. The molecule has 6 nitrogen and oxygen atoms in total. The number of urea groups is 1. The zero-order valence-electron chi connectivity index (χ0n) is 19.9. The number of nitrogens with zero attached hydrogens (tertiary/aromatic N) is 3. The summed E-state index contributed by atoms with van der Waals surface area (Å²) in [6.07, 6.45) is -4.67. The number of hydrogen-bond donors (Lipinski definition) is 2. The highest BCUT2D eigenvalue weighted by Crippen LogP contribution is 2.43. The molecule has 5 rings (SSSR count). The molecule has 10 heteroatoms. The summed E-state index contributed by atoms with van der Waals surface area (Å²) in [7, 11) is 0. The first-order valence-corrected chi connectivity index (χ1v) is 11.7. The van der Waals surface area contributed by atoms with Crippen LogP contribution >= 0.6 is 0 Å². The predicted molar refractivity (Wildman–Crippen MR) is 134 cm³/mol. The Morgan fingerprint density at radius 3 is 2.19 bits per heavy atom. The molecule has 3 aromatic carbocycles. The van der Waals surface area contributed by atoms with Crippen LogP contribution in [0.15, 0.2) is 60.7 Å². The van der Waals surface area contributed by atoms with Crippen LogP contribution in [0.25, 0.3) is 33.3 Å². The highest BCUT2D eigenvalue weighted by atomic mass is 19.4. The lowest BCUT2D eigenvalue weighted by Gasteiger charge is -2.28. The van der Waals surface area contributed by atoms with E-state index in [4.69, 9.17) is 0 Å². The summed E-state index contributed by atoms with van der Waals surface area (Å²) in [5, 5.41) is 15.5. The van der Waals surface area contributed by atoms with Crippen molar-refractivity contribution in [3.63, 3.8) is 0 Å². The van der Waals surface area contributed by atoms with Crippen molar-refractivity contribution in [2.24, 2.45) is 0 Å². The number of nitrogens with one attached hydrogen (secondary N) is 2. The molecule has 2 amide bonds. The molecule has 0 spiro atoms. The van der Waals surface area contributed by atoms with Gasteiger partial charge in [0, 0.05) is 53.8 Å². The van der Waals surface area contributed by atoms with Gasteiger partial charge in [-0.05, 0) is 48.9 Å². The zero-order valence-corrected chi connectivity index (χ0v) is 19.9. The lowest BCUT2D eigenvalue weighted by Crippen LogP contribution is -2.48. The molecule has 0 bridgehead atoms. The summed E-state index contributed by atoms with van der Waals surface area (Å²) in [6.45, 7) is 3.82. The smallest absolute Gasteiger partial charge is 0.322 e. The van der Waals surface area contributed by atoms with E-state index >= 15 is 0 Å². The van der Waals surface area contributed by atoms with Gasteiger partial charge in [-0.2, -0.15) is 13.2 Å². The molecule has 0 radical (unpaired) electrons. The van der Waals surface area contributed by atoms with Gasteiger partial charge in [0.05, 0.1) is 5.56 Å². The van der Waals surface area contributed by atoms with Gasteiger partial charge in [0.2, 0.25) is 0 Å². The van der Waals surface area contributed by atoms with Crippen LogP contribution in [0.1, 0.15) is 11.1 Å².